The Hall–Kier alpha value is -2.33. The summed E-state index contributed by atoms with van der Waals surface area (Å²) in [5, 5.41) is 13.2. The molecule has 1 aliphatic rings. The number of hydrogen-bond donors (Lipinski definition) is 0. The molecule has 1 atom stereocenters. The van der Waals surface area contributed by atoms with Crippen LogP contribution >= 0.6 is 11.8 Å². The zero-order valence-corrected chi connectivity index (χ0v) is 13.0. The molecule has 1 aromatic carbocycles. The highest BCUT2D eigenvalue weighted by molar-refractivity contribution is 8.00. The number of aromatic nitrogens is 3. The molecule has 0 unspecified atom stereocenters. The molecule has 7 heteroatoms. The molecule has 0 aliphatic carbocycles. The molecule has 22 heavy (non-hydrogen) atoms. The van der Waals surface area contributed by atoms with Crippen molar-refractivity contribution < 1.29 is 4.79 Å². The largest absolute Gasteiger partial charge is 0.310 e. The molecule has 2 heterocycles. The van der Waals surface area contributed by atoms with Crippen LogP contribution in [0.3, 0.4) is 0 Å². The number of fused-ring (bicyclic) bond motifs is 1. The maximum Gasteiger partial charge on any atom is 0.252 e. The lowest BCUT2D eigenvalue weighted by molar-refractivity contribution is -0.119. The van der Waals surface area contributed by atoms with Gasteiger partial charge in [0.15, 0.2) is 0 Å². The number of hydrogen-bond acceptors (Lipinski definition) is 5. The van der Waals surface area contributed by atoms with Gasteiger partial charge in [-0.2, -0.15) is 5.26 Å². The Morgan fingerprint density at radius 2 is 2.32 bits per heavy atom. The molecule has 0 spiro atoms. The summed E-state index contributed by atoms with van der Waals surface area (Å²) in [6.45, 7) is 2.94. The average Bonchev–Trinajstić information content (AvgIpc) is 2.89. The van der Waals surface area contributed by atoms with E-state index in [1.54, 1.807) is 16.7 Å². The zero-order chi connectivity index (χ0) is 15.5. The van der Waals surface area contributed by atoms with Gasteiger partial charge in [-0.1, -0.05) is 19.1 Å². The van der Waals surface area contributed by atoms with Crippen molar-refractivity contribution in [3.63, 3.8) is 0 Å². The quantitative estimate of drug-likeness (QED) is 0.848. The molecule has 3 rings (SSSR count). The highest BCUT2D eigenvalue weighted by Gasteiger charge is 2.24. The minimum atomic E-state index is -0.0449. The summed E-state index contributed by atoms with van der Waals surface area (Å²) in [6.07, 6.45) is 2.35. The lowest BCUT2D eigenvalue weighted by Crippen LogP contribution is -2.35. The van der Waals surface area contributed by atoms with E-state index in [0.29, 0.717) is 11.8 Å². The molecule has 112 valence electrons. The summed E-state index contributed by atoms with van der Waals surface area (Å²) in [5.74, 6) is 0.0322. The van der Waals surface area contributed by atoms with Gasteiger partial charge in [-0.3, -0.25) is 4.79 Å². The van der Waals surface area contributed by atoms with Crippen molar-refractivity contribution in [1.82, 2.24) is 14.8 Å². The lowest BCUT2D eigenvalue weighted by atomic mass is 10.2. The highest BCUT2D eigenvalue weighted by Crippen LogP contribution is 2.37. The Morgan fingerprint density at radius 1 is 1.50 bits per heavy atom. The third-order valence-corrected chi connectivity index (χ3v) is 4.72. The van der Waals surface area contributed by atoms with Crippen LogP contribution in [0.5, 0.6) is 0 Å². The van der Waals surface area contributed by atoms with Crippen molar-refractivity contribution in [3.05, 3.63) is 36.4 Å². The smallest absolute Gasteiger partial charge is 0.252 e. The number of carbonyl (C=O) groups excluding carboxylic acids is 1. The molecule has 0 bridgehead atoms. The molecule has 0 saturated heterocycles. The fourth-order valence-corrected chi connectivity index (χ4v) is 3.50. The summed E-state index contributed by atoms with van der Waals surface area (Å²) in [4.78, 5) is 19.4. The number of benzene rings is 1. The van der Waals surface area contributed by atoms with Crippen LogP contribution in [0.25, 0.3) is 0 Å². The molecule has 2 aromatic rings. The second-order valence-corrected chi connectivity index (χ2v) is 6.59. The number of nitrogens with zero attached hydrogens (tertiary/aromatic N) is 5. The first-order valence-corrected chi connectivity index (χ1v) is 7.91. The van der Waals surface area contributed by atoms with Crippen molar-refractivity contribution in [3.8, 4) is 6.07 Å². The predicted molar refractivity (Wildman–Crippen MR) is 83.5 cm³/mol. The minimum Gasteiger partial charge on any atom is -0.310 e. The standard InChI is InChI=1S/C15H15N5OS/c1-11-6-7-20(12-4-2-3-5-13(12)22-11)15(21)9-19-10-17-14(8-16)18-19/h2-5,10-11H,6-7,9H2,1H3/t11-/m0/s1. The van der Waals surface area contributed by atoms with E-state index in [1.165, 1.54) is 11.0 Å². The summed E-state index contributed by atoms with van der Waals surface area (Å²) < 4.78 is 1.41. The normalized spacial score (nSPS) is 17.5. The first kappa shape index (κ1) is 14.6. The molecule has 1 aliphatic heterocycles. The number of anilines is 1. The van der Waals surface area contributed by atoms with Gasteiger partial charge in [-0.25, -0.2) is 9.67 Å². The first-order chi connectivity index (χ1) is 10.7. The van der Waals surface area contributed by atoms with Crippen molar-refractivity contribution >= 4 is 23.4 Å². The third kappa shape index (κ3) is 2.97. The number of rotatable bonds is 2. The van der Waals surface area contributed by atoms with Gasteiger partial charge in [0.25, 0.3) is 5.82 Å². The van der Waals surface area contributed by atoms with E-state index in [9.17, 15) is 4.79 Å². The van der Waals surface area contributed by atoms with E-state index in [0.717, 1.165) is 17.0 Å². The van der Waals surface area contributed by atoms with Gasteiger partial charge in [0, 0.05) is 16.7 Å². The number of thioether (sulfide) groups is 1. The van der Waals surface area contributed by atoms with E-state index < -0.39 is 0 Å². The van der Waals surface area contributed by atoms with Crippen LogP contribution in [0.2, 0.25) is 0 Å². The first-order valence-electron chi connectivity index (χ1n) is 7.03. The van der Waals surface area contributed by atoms with Crippen molar-refractivity contribution in [1.29, 1.82) is 5.26 Å². The monoisotopic (exact) mass is 313 g/mol. The fourth-order valence-electron chi connectivity index (χ4n) is 2.39. The van der Waals surface area contributed by atoms with Crippen molar-refractivity contribution in [2.24, 2.45) is 0 Å². The molecular weight excluding hydrogens is 298 g/mol. The second-order valence-electron chi connectivity index (χ2n) is 5.11. The maximum absolute atomic E-state index is 12.6. The van der Waals surface area contributed by atoms with E-state index in [1.807, 2.05) is 30.3 Å². The molecule has 1 aromatic heterocycles. The summed E-state index contributed by atoms with van der Waals surface area (Å²) in [6, 6.07) is 9.81. The fraction of sp³-hybridized carbons (Fsp3) is 0.333. The summed E-state index contributed by atoms with van der Waals surface area (Å²) in [5.41, 5.74) is 0.947. The Labute approximate surface area is 132 Å². The molecule has 1 amide bonds. The number of amides is 1. The zero-order valence-electron chi connectivity index (χ0n) is 12.1. The van der Waals surface area contributed by atoms with Gasteiger partial charge < -0.3 is 4.90 Å². The van der Waals surface area contributed by atoms with Crippen LogP contribution in [0, 0.1) is 11.3 Å². The van der Waals surface area contributed by atoms with Gasteiger partial charge in [-0.15, -0.1) is 16.9 Å². The van der Waals surface area contributed by atoms with Crippen LogP contribution in [-0.2, 0) is 11.3 Å². The molecule has 0 N–H and O–H groups in total. The Balaban J connectivity index is 1.84. The molecule has 0 fully saturated rings. The maximum atomic E-state index is 12.6. The lowest BCUT2D eigenvalue weighted by Gasteiger charge is -2.22. The minimum absolute atomic E-state index is 0.0449. The number of nitriles is 1. The van der Waals surface area contributed by atoms with Gasteiger partial charge in [0.1, 0.15) is 18.9 Å². The van der Waals surface area contributed by atoms with Gasteiger partial charge in [-0.05, 0) is 18.6 Å². The van der Waals surface area contributed by atoms with Crippen LogP contribution in [-0.4, -0.2) is 32.5 Å². The van der Waals surface area contributed by atoms with Gasteiger partial charge >= 0.3 is 0 Å². The Bertz CT molecular complexity index is 736. The van der Waals surface area contributed by atoms with E-state index in [2.05, 4.69) is 17.0 Å². The Kier molecular flexibility index (Phi) is 4.11. The Morgan fingerprint density at radius 3 is 3.09 bits per heavy atom. The van der Waals surface area contributed by atoms with E-state index in [4.69, 9.17) is 5.26 Å². The molecular formula is C15H15N5OS. The second kappa shape index (κ2) is 6.20. The van der Waals surface area contributed by atoms with Crippen LogP contribution < -0.4 is 4.90 Å². The highest BCUT2D eigenvalue weighted by atomic mass is 32.2. The van der Waals surface area contributed by atoms with Crippen molar-refractivity contribution in [2.45, 2.75) is 30.0 Å². The molecule has 0 saturated carbocycles. The summed E-state index contributed by atoms with van der Waals surface area (Å²) in [7, 11) is 0. The van der Waals surface area contributed by atoms with Gasteiger partial charge in [0.2, 0.25) is 5.91 Å². The molecule has 0 radical (unpaired) electrons. The van der Waals surface area contributed by atoms with E-state index in [-0.39, 0.29) is 18.3 Å². The molecule has 6 nitrogen and oxygen atoms in total. The van der Waals surface area contributed by atoms with Gasteiger partial charge in [0.05, 0.1) is 5.69 Å². The number of para-hydroxylation sites is 1. The average molecular weight is 313 g/mol. The summed E-state index contributed by atoms with van der Waals surface area (Å²) >= 11 is 1.80. The topological polar surface area (TPSA) is 74.8 Å². The third-order valence-electron chi connectivity index (χ3n) is 3.48. The van der Waals surface area contributed by atoms with Crippen LogP contribution in [0.15, 0.2) is 35.5 Å². The van der Waals surface area contributed by atoms with E-state index >= 15 is 0 Å². The predicted octanol–water partition coefficient (Wildman–Crippen LogP) is 2.07. The van der Waals surface area contributed by atoms with Crippen LogP contribution in [0.1, 0.15) is 19.2 Å². The van der Waals surface area contributed by atoms with Crippen molar-refractivity contribution in [2.75, 3.05) is 11.4 Å². The van der Waals surface area contributed by atoms with Crippen LogP contribution in [0.4, 0.5) is 5.69 Å². The number of carbonyl (C=O) groups is 1. The SMILES string of the molecule is C[C@H]1CCN(C(=O)Cn2cnc(C#N)n2)c2ccccc2S1.